The topological polar surface area (TPSA) is 37.6 Å². The standard InChI is InChI=1S/C27H35FN2O2/c1-21(2)14-16-29(19-25(31)20-32-27-13-7-4-9-22(27)3)18-24-11-8-15-30(24)17-23-10-5-6-12-26(23)28/h4-13,15,21,25,31H,14,16-20H2,1-3H3/t25-/m1/s1. The zero-order valence-electron chi connectivity index (χ0n) is 19.4. The molecule has 4 nitrogen and oxygen atoms in total. The lowest BCUT2D eigenvalue weighted by Gasteiger charge is -2.26. The van der Waals surface area contributed by atoms with E-state index in [0.29, 0.717) is 31.1 Å². The van der Waals surface area contributed by atoms with E-state index in [1.54, 1.807) is 6.07 Å². The monoisotopic (exact) mass is 438 g/mol. The Morgan fingerprint density at radius 2 is 1.78 bits per heavy atom. The van der Waals surface area contributed by atoms with Crippen LogP contribution in [0.4, 0.5) is 4.39 Å². The van der Waals surface area contributed by atoms with Gasteiger partial charge in [-0.1, -0.05) is 50.2 Å². The Morgan fingerprint density at radius 3 is 2.53 bits per heavy atom. The summed E-state index contributed by atoms with van der Waals surface area (Å²) in [6, 6.07) is 18.8. The third-order valence-electron chi connectivity index (χ3n) is 5.62. The molecule has 0 saturated heterocycles. The van der Waals surface area contributed by atoms with Crippen molar-refractivity contribution in [2.45, 2.75) is 46.4 Å². The molecule has 0 bridgehead atoms. The predicted molar refractivity (Wildman–Crippen MR) is 127 cm³/mol. The van der Waals surface area contributed by atoms with Gasteiger partial charge in [-0.3, -0.25) is 4.90 Å². The molecule has 3 aromatic rings. The highest BCUT2D eigenvalue weighted by Gasteiger charge is 2.16. The SMILES string of the molecule is Cc1ccccc1OC[C@H](O)CN(CCC(C)C)Cc1cccn1Cc1ccccc1F. The lowest BCUT2D eigenvalue weighted by molar-refractivity contribution is 0.0629. The lowest BCUT2D eigenvalue weighted by Crippen LogP contribution is -2.36. The summed E-state index contributed by atoms with van der Waals surface area (Å²) in [5.41, 5.74) is 2.83. The van der Waals surface area contributed by atoms with Crippen LogP contribution in [0.15, 0.2) is 66.9 Å². The fourth-order valence-corrected chi connectivity index (χ4v) is 3.72. The molecule has 0 aliphatic heterocycles. The van der Waals surface area contributed by atoms with Gasteiger partial charge in [-0.2, -0.15) is 0 Å². The molecule has 0 unspecified atom stereocenters. The molecule has 0 saturated carbocycles. The molecule has 5 heteroatoms. The fraction of sp³-hybridized carbons (Fsp3) is 0.407. The van der Waals surface area contributed by atoms with Crippen LogP contribution in [0.5, 0.6) is 5.75 Å². The molecule has 172 valence electrons. The maximum Gasteiger partial charge on any atom is 0.128 e. The molecule has 0 fully saturated rings. The summed E-state index contributed by atoms with van der Waals surface area (Å²) in [5.74, 6) is 1.19. The molecule has 0 amide bonds. The van der Waals surface area contributed by atoms with Crippen molar-refractivity contribution in [2.75, 3.05) is 19.7 Å². The number of halogens is 1. The Kier molecular flexibility index (Phi) is 8.89. The van der Waals surface area contributed by atoms with Crippen molar-refractivity contribution in [1.29, 1.82) is 0 Å². The number of para-hydroxylation sites is 1. The van der Waals surface area contributed by atoms with Crippen molar-refractivity contribution >= 4 is 0 Å². The molecule has 1 N–H and O–H groups in total. The van der Waals surface area contributed by atoms with E-state index >= 15 is 0 Å². The highest BCUT2D eigenvalue weighted by atomic mass is 19.1. The average Bonchev–Trinajstić information content (AvgIpc) is 3.19. The smallest absolute Gasteiger partial charge is 0.128 e. The summed E-state index contributed by atoms with van der Waals surface area (Å²) < 4.78 is 22.1. The second-order valence-electron chi connectivity index (χ2n) is 8.87. The number of nitrogens with zero attached hydrogens (tertiary/aromatic N) is 2. The van der Waals surface area contributed by atoms with Crippen LogP contribution in [-0.4, -0.2) is 40.4 Å². The highest BCUT2D eigenvalue weighted by Crippen LogP contribution is 2.17. The molecular weight excluding hydrogens is 403 g/mol. The van der Waals surface area contributed by atoms with Crippen LogP contribution in [-0.2, 0) is 13.1 Å². The van der Waals surface area contributed by atoms with Crippen molar-refractivity contribution in [3.05, 3.63) is 89.5 Å². The van der Waals surface area contributed by atoms with E-state index in [9.17, 15) is 9.50 Å². The minimum absolute atomic E-state index is 0.187. The summed E-state index contributed by atoms with van der Waals surface area (Å²) >= 11 is 0. The highest BCUT2D eigenvalue weighted by molar-refractivity contribution is 5.31. The molecule has 2 aromatic carbocycles. The molecule has 1 aromatic heterocycles. The number of aliphatic hydroxyl groups is 1. The first kappa shape index (κ1) is 24.0. The van der Waals surface area contributed by atoms with Crippen LogP contribution in [0.1, 0.15) is 37.1 Å². The summed E-state index contributed by atoms with van der Waals surface area (Å²) in [6.45, 7) is 9.24. The van der Waals surface area contributed by atoms with Crippen molar-refractivity contribution in [3.8, 4) is 5.75 Å². The largest absolute Gasteiger partial charge is 0.491 e. The van der Waals surface area contributed by atoms with Crippen LogP contribution in [0, 0.1) is 18.7 Å². The van der Waals surface area contributed by atoms with E-state index in [-0.39, 0.29) is 12.4 Å². The Bertz CT molecular complexity index is 970. The Hall–Kier alpha value is -2.63. The van der Waals surface area contributed by atoms with Gasteiger partial charge in [-0.25, -0.2) is 4.39 Å². The van der Waals surface area contributed by atoms with E-state index in [2.05, 4.69) is 29.4 Å². The van der Waals surface area contributed by atoms with E-state index in [1.165, 1.54) is 6.07 Å². The number of aliphatic hydroxyl groups excluding tert-OH is 1. The van der Waals surface area contributed by atoms with Gasteiger partial charge < -0.3 is 14.4 Å². The number of benzene rings is 2. The van der Waals surface area contributed by atoms with Crippen molar-refractivity contribution in [3.63, 3.8) is 0 Å². The van der Waals surface area contributed by atoms with E-state index in [4.69, 9.17) is 4.74 Å². The van der Waals surface area contributed by atoms with Crippen LogP contribution >= 0.6 is 0 Å². The van der Waals surface area contributed by atoms with Gasteiger partial charge in [0.15, 0.2) is 0 Å². The molecule has 0 radical (unpaired) electrons. The van der Waals surface area contributed by atoms with Crippen molar-refractivity contribution in [2.24, 2.45) is 5.92 Å². The fourth-order valence-electron chi connectivity index (χ4n) is 3.72. The van der Waals surface area contributed by atoms with Gasteiger partial charge in [-0.05, 0) is 55.6 Å². The third kappa shape index (κ3) is 7.21. The zero-order valence-corrected chi connectivity index (χ0v) is 19.4. The van der Waals surface area contributed by atoms with Crippen LogP contribution in [0.2, 0.25) is 0 Å². The molecule has 1 atom stereocenters. The molecule has 3 rings (SSSR count). The minimum atomic E-state index is -0.600. The lowest BCUT2D eigenvalue weighted by atomic mass is 10.1. The van der Waals surface area contributed by atoms with Gasteiger partial charge in [-0.15, -0.1) is 0 Å². The van der Waals surface area contributed by atoms with Crippen molar-refractivity contribution in [1.82, 2.24) is 9.47 Å². The molecule has 1 heterocycles. The number of rotatable bonds is 12. The van der Waals surface area contributed by atoms with E-state index in [0.717, 1.165) is 30.0 Å². The van der Waals surface area contributed by atoms with Crippen LogP contribution in [0.3, 0.4) is 0 Å². The molecule has 0 spiro atoms. The summed E-state index contributed by atoms with van der Waals surface area (Å²) in [7, 11) is 0. The second-order valence-corrected chi connectivity index (χ2v) is 8.87. The van der Waals surface area contributed by atoms with Crippen LogP contribution in [0.25, 0.3) is 0 Å². The minimum Gasteiger partial charge on any atom is -0.491 e. The molecule has 0 aliphatic carbocycles. The van der Waals surface area contributed by atoms with Gasteiger partial charge in [0.1, 0.15) is 24.3 Å². The summed E-state index contributed by atoms with van der Waals surface area (Å²) in [5, 5.41) is 10.7. The van der Waals surface area contributed by atoms with Gasteiger partial charge in [0.25, 0.3) is 0 Å². The summed E-state index contributed by atoms with van der Waals surface area (Å²) in [6.07, 6.45) is 2.43. The Balaban J connectivity index is 1.64. The first-order valence-electron chi connectivity index (χ1n) is 11.4. The predicted octanol–water partition coefficient (Wildman–Crippen LogP) is 5.27. The number of hydrogen-bond donors (Lipinski definition) is 1. The second kappa shape index (κ2) is 11.8. The quantitative estimate of drug-likeness (QED) is 0.418. The number of hydrogen-bond acceptors (Lipinski definition) is 3. The number of aryl methyl sites for hydroxylation is 1. The molecular formula is C27H35FN2O2. The van der Waals surface area contributed by atoms with Gasteiger partial charge in [0.05, 0.1) is 6.54 Å². The molecule has 32 heavy (non-hydrogen) atoms. The number of aromatic nitrogens is 1. The maximum atomic E-state index is 14.1. The van der Waals surface area contributed by atoms with Crippen molar-refractivity contribution < 1.29 is 14.2 Å². The third-order valence-corrected chi connectivity index (χ3v) is 5.62. The van der Waals surface area contributed by atoms with E-state index < -0.39 is 6.10 Å². The first-order valence-corrected chi connectivity index (χ1v) is 11.4. The zero-order chi connectivity index (χ0) is 22.9. The summed E-state index contributed by atoms with van der Waals surface area (Å²) in [4.78, 5) is 2.26. The average molecular weight is 439 g/mol. The van der Waals surface area contributed by atoms with Gasteiger partial charge >= 0.3 is 0 Å². The Morgan fingerprint density at radius 1 is 1.03 bits per heavy atom. The van der Waals surface area contributed by atoms with E-state index in [1.807, 2.05) is 55.6 Å². The van der Waals surface area contributed by atoms with Gasteiger partial charge in [0, 0.05) is 30.5 Å². The number of ether oxygens (including phenoxy) is 1. The van der Waals surface area contributed by atoms with Crippen LogP contribution < -0.4 is 4.74 Å². The Labute approximate surface area is 191 Å². The maximum absolute atomic E-state index is 14.1. The molecule has 0 aliphatic rings. The normalized spacial score (nSPS) is 12.5. The van der Waals surface area contributed by atoms with Gasteiger partial charge in [0.2, 0.25) is 0 Å². The first-order chi connectivity index (χ1) is 15.4.